The minimum atomic E-state index is -1.04. The van der Waals surface area contributed by atoms with Crippen LogP contribution in [0.2, 0.25) is 0 Å². The molecule has 6 heteroatoms. The Labute approximate surface area is 179 Å². The first-order valence-electron chi connectivity index (χ1n) is 9.82. The maximum absolute atomic E-state index is 14.5. The summed E-state index contributed by atoms with van der Waals surface area (Å²) < 4.78 is 53.6. The Morgan fingerprint density at radius 1 is 0.968 bits per heavy atom. The molecule has 3 nitrogen and oxygen atoms in total. The van der Waals surface area contributed by atoms with Crippen LogP contribution < -0.4 is 9.47 Å². The zero-order valence-corrected chi connectivity index (χ0v) is 17.1. The molecule has 0 bridgehead atoms. The molecular formula is C25H23F3O3. The van der Waals surface area contributed by atoms with Gasteiger partial charge in [-0.15, -0.1) is 6.58 Å². The van der Waals surface area contributed by atoms with Gasteiger partial charge in [-0.25, -0.2) is 8.78 Å². The molecule has 0 saturated heterocycles. The molecule has 0 saturated carbocycles. The molecular weight excluding hydrogens is 405 g/mol. The lowest BCUT2D eigenvalue weighted by Crippen LogP contribution is -2.01. The fourth-order valence-electron chi connectivity index (χ4n) is 3.02. The molecule has 0 aliphatic carbocycles. The van der Waals surface area contributed by atoms with E-state index in [2.05, 4.69) is 6.58 Å². The molecule has 3 rings (SSSR count). The molecule has 162 valence electrons. The van der Waals surface area contributed by atoms with Crippen LogP contribution in [-0.4, -0.2) is 11.7 Å². The third kappa shape index (κ3) is 5.47. The number of halogens is 3. The minimum absolute atomic E-state index is 0.107. The number of ether oxygens (including phenoxy) is 2. The quantitative estimate of drug-likeness (QED) is 0.318. The van der Waals surface area contributed by atoms with Crippen LogP contribution in [0.4, 0.5) is 13.2 Å². The van der Waals surface area contributed by atoms with Crippen molar-refractivity contribution in [2.45, 2.75) is 26.1 Å². The summed E-state index contributed by atoms with van der Waals surface area (Å²) in [4.78, 5) is 0. The van der Waals surface area contributed by atoms with Gasteiger partial charge in [0.05, 0.1) is 12.7 Å². The van der Waals surface area contributed by atoms with Crippen molar-refractivity contribution >= 4 is 0 Å². The van der Waals surface area contributed by atoms with Crippen LogP contribution in [0.5, 0.6) is 11.5 Å². The largest absolute Gasteiger partial charge is 0.490 e. The van der Waals surface area contributed by atoms with Gasteiger partial charge in [-0.05, 0) is 54.8 Å². The van der Waals surface area contributed by atoms with E-state index < -0.39 is 23.6 Å². The second kappa shape index (κ2) is 10.2. The summed E-state index contributed by atoms with van der Waals surface area (Å²) in [5, 5.41) is 9.49. The third-order valence-electron chi connectivity index (χ3n) is 4.71. The van der Waals surface area contributed by atoms with Crippen LogP contribution >= 0.6 is 0 Å². The SMILES string of the molecule is C=CCCOc1ccc(-c2ccc(OCc3ccc(C(C)O)c(F)c3)cc2)c(F)c1F. The summed E-state index contributed by atoms with van der Waals surface area (Å²) in [5.41, 5.74) is 1.41. The monoisotopic (exact) mass is 428 g/mol. The van der Waals surface area contributed by atoms with E-state index in [9.17, 15) is 18.3 Å². The Hall–Kier alpha value is -3.25. The van der Waals surface area contributed by atoms with E-state index in [4.69, 9.17) is 9.47 Å². The van der Waals surface area contributed by atoms with E-state index in [1.54, 1.807) is 36.4 Å². The van der Waals surface area contributed by atoms with Gasteiger partial charge in [0.25, 0.3) is 0 Å². The van der Waals surface area contributed by atoms with Gasteiger partial charge in [0.15, 0.2) is 11.6 Å². The number of hydrogen-bond donors (Lipinski definition) is 1. The molecule has 0 radical (unpaired) electrons. The summed E-state index contributed by atoms with van der Waals surface area (Å²) in [6.07, 6.45) is 1.27. The maximum Gasteiger partial charge on any atom is 0.201 e. The van der Waals surface area contributed by atoms with Gasteiger partial charge in [0.1, 0.15) is 18.2 Å². The maximum atomic E-state index is 14.5. The van der Waals surface area contributed by atoms with Crippen LogP contribution in [0.3, 0.4) is 0 Å². The molecule has 1 atom stereocenters. The van der Waals surface area contributed by atoms with E-state index in [0.717, 1.165) is 0 Å². The average molecular weight is 428 g/mol. The van der Waals surface area contributed by atoms with E-state index >= 15 is 0 Å². The Kier molecular flexibility index (Phi) is 7.36. The average Bonchev–Trinajstić information content (AvgIpc) is 2.76. The second-order valence-corrected chi connectivity index (χ2v) is 7.01. The van der Waals surface area contributed by atoms with Crippen molar-refractivity contribution in [2.75, 3.05) is 6.61 Å². The van der Waals surface area contributed by atoms with Gasteiger partial charge in [-0.2, -0.15) is 4.39 Å². The van der Waals surface area contributed by atoms with E-state index in [-0.39, 0.29) is 30.1 Å². The van der Waals surface area contributed by atoms with Gasteiger partial charge in [0, 0.05) is 11.1 Å². The van der Waals surface area contributed by atoms with Crippen molar-refractivity contribution in [3.05, 3.63) is 95.8 Å². The molecule has 0 amide bonds. The van der Waals surface area contributed by atoms with Gasteiger partial charge in [-0.1, -0.05) is 30.3 Å². The third-order valence-corrected chi connectivity index (χ3v) is 4.71. The molecule has 31 heavy (non-hydrogen) atoms. The van der Waals surface area contributed by atoms with E-state index in [1.807, 2.05) is 0 Å². The zero-order valence-electron chi connectivity index (χ0n) is 17.1. The Bertz CT molecular complexity index is 1050. The van der Waals surface area contributed by atoms with Gasteiger partial charge < -0.3 is 14.6 Å². The fourth-order valence-corrected chi connectivity index (χ4v) is 3.02. The first-order valence-corrected chi connectivity index (χ1v) is 9.82. The normalized spacial score (nSPS) is 11.8. The summed E-state index contributed by atoms with van der Waals surface area (Å²) in [6, 6.07) is 13.8. The Balaban J connectivity index is 1.68. The highest BCUT2D eigenvalue weighted by Crippen LogP contribution is 2.31. The predicted octanol–water partition coefficient (Wildman–Crippen LogP) is 6.36. The van der Waals surface area contributed by atoms with Crippen molar-refractivity contribution < 1.29 is 27.8 Å². The van der Waals surface area contributed by atoms with Crippen LogP contribution in [0.25, 0.3) is 11.1 Å². The lowest BCUT2D eigenvalue weighted by molar-refractivity contribution is 0.194. The molecule has 0 aromatic heterocycles. The van der Waals surface area contributed by atoms with E-state index in [0.29, 0.717) is 23.3 Å². The van der Waals surface area contributed by atoms with Crippen LogP contribution in [-0.2, 0) is 6.61 Å². The first-order chi connectivity index (χ1) is 14.9. The molecule has 3 aromatic rings. The first kappa shape index (κ1) is 22.4. The standard InChI is InChI=1S/C25H23F3O3/c1-3-4-13-30-23-12-11-21(24(27)25(23)28)18-6-8-19(9-7-18)31-15-17-5-10-20(16(2)29)22(26)14-17/h3,5-12,14,16,29H,1,4,13,15H2,2H3. The molecule has 0 aliphatic heterocycles. The minimum Gasteiger partial charge on any atom is -0.490 e. The van der Waals surface area contributed by atoms with E-state index in [1.165, 1.54) is 31.2 Å². The number of aliphatic hydroxyl groups excluding tert-OH is 1. The highest BCUT2D eigenvalue weighted by molar-refractivity contribution is 5.66. The fraction of sp³-hybridized carbons (Fsp3) is 0.200. The Morgan fingerprint density at radius 2 is 1.71 bits per heavy atom. The predicted molar refractivity (Wildman–Crippen MR) is 113 cm³/mol. The van der Waals surface area contributed by atoms with Crippen molar-refractivity contribution in [2.24, 2.45) is 0 Å². The molecule has 3 aromatic carbocycles. The summed E-state index contributed by atoms with van der Waals surface area (Å²) in [5.74, 6) is -2.17. The highest BCUT2D eigenvalue weighted by atomic mass is 19.2. The summed E-state index contributed by atoms with van der Waals surface area (Å²) in [6.45, 7) is 5.39. The number of benzene rings is 3. The van der Waals surface area contributed by atoms with Crippen molar-refractivity contribution in [1.29, 1.82) is 0 Å². The van der Waals surface area contributed by atoms with Crippen LogP contribution in [0.15, 0.2) is 67.3 Å². The van der Waals surface area contributed by atoms with Crippen molar-refractivity contribution in [3.8, 4) is 22.6 Å². The van der Waals surface area contributed by atoms with Gasteiger partial charge >= 0.3 is 0 Å². The highest BCUT2D eigenvalue weighted by Gasteiger charge is 2.16. The molecule has 0 heterocycles. The van der Waals surface area contributed by atoms with Crippen molar-refractivity contribution in [1.82, 2.24) is 0 Å². The molecule has 1 N–H and O–H groups in total. The topological polar surface area (TPSA) is 38.7 Å². The second-order valence-electron chi connectivity index (χ2n) is 7.01. The lowest BCUT2D eigenvalue weighted by Gasteiger charge is -2.12. The summed E-state index contributed by atoms with van der Waals surface area (Å²) >= 11 is 0. The van der Waals surface area contributed by atoms with Crippen LogP contribution in [0.1, 0.15) is 30.6 Å². The zero-order chi connectivity index (χ0) is 22.4. The number of rotatable bonds is 9. The number of aliphatic hydroxyl groups is 1. The molecule has 0 fully saturated rings. The van der Waals surface area contributed by atoms with Gasteiger partial charge in [0.2, 0.25) is 5.82 Å². The summed E-state index contributed by atoms with van der Waals surface area (Å²) in [7, 11) is 0. The molecule has 0 spiro atoms. The van der Waals surface area contributed by atoms with Crippen molar-refractivity contribution in [3.63, 3.8) is 0 Å². The van der Waals surface area contributed by atoms with Gasteiger partial charge in [-0.3, -0.25) is 0 Å². The molecule has 0 aliphatic rings. The lowest BCUT2D eigenvalue weighted by atomic mass is 10.0. The smallest absolute Gasteiger partial charge is 0.201 e. The van der Waals surface area contributed by atoms with Crippen LogP contribution in [0, 0.1) is 17.5 Å². The number of hydrogen-bond acceptors (Lipinski definition) is 3. The molecule has 1 unspecified atom stereocenters. The Morgan fingerprint density at radius 3 is 2.35 bits per heavy atom.